The van der Waals surface area contributed by atoms with Crippen molar-refractivity contribution in [1.29, 1.82) is 0 Å². The Kier molecular flexibility index (Phi) is 4.48. The summed E-state index contributed by atoms with van der Waals surface area (Å²) in [5.74, 6) is -0.0331. The molecule has 0 spiro atoms. The molecule has 142 valence electrons. The van der Waals surface area contributed by atoms with Gasteiger partial charge < -0.3 is 9.80 Å². The summed E-state index contributed by atoms with van der Waals surface area (Å²) in [6.07, 6.45) is 1.46. The lowest BCUT2D eigenvalue weighted by Crippen LogP contribution is -2.49. The molecule has 1 fully saturated rings. The van der Waals surface area contributed by atoms with E-state index >= 15 is 0 Å². The number of nitro groups is 1. The van der Waals surface area contributed by atoms with Gasteiger partial charge in [-0.3, -0.25) is 24.1 Å². The molecule has 0 bridgehead atoms. The van der Waals surface area contributed by atoms with E-state index < -0.39 is 16.2 Å². The number of amides is 1. The third-order valence-electron chi connectivity index (χ3n) is 4.76. The van der Waals surface area contributed by atoms with E-state index in [1.54, 1.807) is 52.3 Å². The van der Waals surface area contributed by atoms with Gasteiger partial charge in [-0.05, 0) is 24.3 Å². The van der Waals surface area contributed by atoms with Gasteiger partial charge in [0.05, 0.1) is 4.92 Å². The van der Waals surface area contributed by atoms with Crippen molar-refractivity contribution in [2.24, 2.45) is 0 Å². The Morgan fingerprint density at radius 2 is 1.68 bits per heavy atom. The molecular weight excluding hydrogens is 362 g/mol. The fraction of sp³-hybridized carbons (Fsp3) is 0.211. The highest BCUT2D eigenvalue weighted by atomic mass is 16.6. The number of piperazine rings is 1. The van der Waals surface area contributed by atoms with Crippen LogP contribution in [0.1, 0.15) is 10.4 Å². The van der Waals surface area contributed by atoms with Gasteiger partial charge in [0.15, 0.2) is 0 Å². The first kappa shape index (κ1) is 17.7. The third-order valence-corrected chi connectivity index (χ3v) is 4.76. The fourth-order valence-corrected chi connectivity index (χ4v) is 3.33. The SMILES string of the molecule is O=C(c1ccccc1)N1CCN(c2nc3ccccn3c(=O)c2[N+](=O)[O-])CC1. The second-order valence-corrected chi connectivity index (χ2v) is 6.42. The van der Waals surface area contributed by atoms with E-state index in [-0.39, 0.29) is 11.7 Å². The molecule has 1 aromatic carbocycles. The number of rotatable bonds is 3. The number of hydrogen-bond donors (Lipinski definition) is 0. The van der Waals surface area contributed by atoms with Crippen LogP contribution in [0.4, 0.5) is 11.5 Å². The highest BCUT2D eigenvalue weighted by Crippen LogP contribution is 2.24. The number of aromatic nitrogens is 2. The van der Waals surface area contributed by atoms with Crippen LogP contribution >= 0.6 is 0 Å². The minimum absolute atomic E-state index is 0.0491. The molecule has 1 saturated heterocycles. The van der Waals surface area contributed by atoms with E-state index in [0.717, 1.165) is 4.40 Å². The molecule has 0 aliphatic carbocycles. The van der Waals surface area contributed by atoms with Crippen LogP contribution in [-0.4, -0.2) is 51.3 Å². The average Bonchev–Trinajstić information content (AvgIpc) is 2.73. The highest BCUT2D eigenvalue weighted by molar-refractivity contribution is 5.94. The lowest BCUT2D eigenvalue weighted by Gasteiger charge is -2.35. The maximum Gasteiger partial charge on any atom is 0.376 e. The lowest BCUT2D eigenvalue weighted by molar-refractivity contribution is -0.385. The summed E-state index contributed by atoms with van der Waals surface area (Å²) in [5, 5.41) is 11.5. The van der Waals surface area contributed by atoms with Crippen molar-refractivity contribution in [2.45, 2.75) is 0 Å². The van der Waals surface area contributed by atoms with Gasteiger partial charge >= 0.3 is 11.2 Å². The molecule has 4 rings (SSSR count). The van der Waals surface area contributed by atoms with E-state index in [2.05, 4.69) is 4.98 Å². The molecule has 3 heterocycles. The lowest BCUT2D eigenvalue weighted by atomic mass is 10.2. The first-order valence-electron chi connectivity index (χ1n) is 8.81. The summed E-state index contributed by atoms with van der Waals surface area (Å²) in [5.41, 5.74) is -0.320. The van der Waals surface area contributed by atoms with Crippen LogP contribution in [0, 0.1) is 10.1 Å². The summed E-state index contributed by atoms with van der Waals surface area (Å²) >= 11 is 0. The van der Waals surface area contributed by atoms with Gasteiger partial charge in [-0.1, -0.05) is 24.3 Å². The van der Waals surface area contributed by atoms with Crippen molar-refractivity contribution < 1.29 is 9.72 Å². The molecule has 0 radical (unpaired) electrons. The quantitative estimate of drug-likeness (QED) is 0.506. The Hall–Kier alpha value is -3.75. The second-order valence-electron chi connectivity index (χ2n) is 6.42. The Balaban J connectivity index is 1.62. The molecule has 9 heteroatoms. The van der Waals surface area contributed by atoms with Crippen molar-refractivity contribution in [3.8, 4) is 0 Å². The van der Waals surface area contributed by atoms with Crippen LogP contribution in [0.25, 0.3) is 5.65 Å². The van der Waals surface area contributed by atoms with Crippen LogP contribution < -0.4 is 10.5 Å². The summed E-state index contributed by atoms with van der Waals surface area (Å²) in [7, 11) is 0. The molecule has 1 amide bonds. The van der Waals surface area contributed by atoms with Crippen LogP contribution in [0.5, 0.6) is 0 Å². The smallest absolute Gasteiger partial charge is 0.347 e. The van der Waals surface area contributed by atoms with E-state index in [1.807, 2.05) is 6.07 Å². The van der Waals surface area contributed by atoms with Crippen molar-refractivity contribution in [2.75, 3.05) is 31.1 Å². The molecule has 28 heavy (non-hydrogen) atoms. The molecule has 0 unspecified atom stereocenters. The average molecular weight is 379 g/mol. The Morgan fingerprint density at radius 1 is 1.00 bits per heavy atom. The topological polar surface area (TPSA) is 101 Å². The normalized spacial score (nSPS) is 14.3. The predicted molar refractivity (Wildman–Crippen MR) is 103 cm³/mol. The Bertz CT molecular complexity index is 1100. The second kappa shape index (κ2) is 7.10. The largest absolute Gasteiger partial charge is 0.376 e. The predicted octanol–water partition coefficient (Wildman–Crippen LogP) is 1.57. The molecule has 9 nitrogen and oxygen atoms in total. The zero-order chi connectivity index (χ0) is 19.7. The Labute approximate surface area is 159 Å². The molecule has 1 aliphatic rings. The number of nitrogens with zero attached hydrogens (tertiary/aromatic N) is 5. The molecule has 2 aromatic heterocycles. The zero-order valence-corrected chi connectivity index (χ0v) is 14.9. The first-order chi connectivity index (χ1) is 13.6. The summed E-state index contributed by atoms with van der Waals surface area (Å²) in [4.78, 5) is 43.8. The number of fused-ring (bicyclic) bond motifs is 1. The summed E-state index contributed by atoms with van der Waals surface area (Å²) in [6, 6.07) is 13.9. The van der Waals surface area contributed by atoms with Gasteiger partial charge in [0.25, 0.3) is 5.91 Å². The monoisotopic (exact) mass is 379 g/mol. The summed E-state index contributed by atoms with van der Waals surface area (Å²) < 4.78 is 1.16. The molecule has 1 aliphatic heterocycles. The molecule has 0 atom stereocenters. The van der Waals surface area contributed by atoms with Crippen LogP contribution in [0.15, 0.2) is 59.5 Å². The van der Waals surface area contributed by atoms with E-state index in [0.29, 0.717) is 37.4 Å². The van der Waals surface area contributed by atoms with Gasteiger partial charge in [0.2, 0.25) is 5.82 Å². The minimum Gasteiger partial charge on any atom is -0.347 e. The van der Waals surface area contributed by atoms with E-state index in [4.69, 9.17) is 0 Å². The van der Waals surface area contributed by atoms with Crippen LogP contribution in [-0.2, 0) is 0 Å². The highest BCUT2D eigenvalue weighted by Gasteiger charge is 2.31. The van der Waals surface area contributed by atoms with E-state index in [1.165, 1.54) is 6.20 Å². The zero-order valence-electron chi connectivity index (χ0n) is 14.9. The number of pyridine rings is 1. The van der Waals surface area contributed by atoms with E-state index in [9.17, 15) is 19.7 Å². The van der Waals surface area contributed by atoms with Gasteiger partial charge in [0.1, 0.15) is 5.65 Å². The van der Waals surface area contributed by atoms with Crippen LogP contribution in [0.3, 0.4) is 0 Å². The van der Waals surface area contributed by atoms with Gasteiger partial charge in [-0.2, -0.15) is 0 Å². The van der Waals surface area contributed by atoms with Gasteiger partial charge in [0, 0.05) is 37.9 Å². The number of carbonyl (C=O) groups excluding carboxylic acids is 1. The third kappa shape index (κ3) is 3.07. The standard InChI is InChI=1S/C19H17N5O4/c25-18(14-6-2-1-3-7-14)22-12-10-21(11-13-22)17-16(24(27)28)19(26)23-9-5-4-8-15(23)20-17/h1-9H,10-13H2. The van der Waals surface area contributed by atoms with Crippen molar-refractivity contribution in [3.05, 3.63) is 80.8 Å². The van der Waals surface area contributed by atoms with Gasteiger partial charge in [-0.25, -0.2) is 4.98 Å². The number of carbonyl (C=O) groups is 1. The van der Waals surface area contributed by atoms with Crippen LogP contribution in [0.2, 0.25) is 0 Å². The summed E-state index contributed by atoms with van der Waals surface area (Å²) in [6.45, 7) is 1.49. The molecule has 3 aromatic rings. The number of hydrogen-bond acceptors (Lipinski definition) is 6. The maximum atomic E-state index is 12.6. The van der Waals surface area contributed by atoms with Crippen molar-refractivity contribution in [1.82, 2.24) is 14.3 Å². The van der Waals surface area contributed by atoms with Crippen molar-refractivity contribution in [3.63, 3.8) is 0 Å². The van der Waals surface area contributed by atoms with Gasteiger partial charge in [-0.15, -0.1) is 0 Å². The Morgan fingerprint density at radius 3 is 2.36 bits per heavy atom. The minimum atomic E-state index is -0.714. The van der Waals surface area contributed by atoms with Crippen molar-refractivity contribution >= 4 is 23.1 Å². The molecule has 0 saturated carbocycles. The number of anilines is 1. The number of benzene rings is 1. The fourth-order valence-electron chi connectivity index (χ4n) is 3.33. The first-order valence-corrected chi connectivity index (χ1v) is 8.81. The maximum absolute atomic E-state index is 12.6. The molecular formula is C19H17N5O4. The molecule has 0 N–H and O–H groups in total.